The van der Waals surface area contributed by atoms with Gasteiger partial charge in [0.05, 0.1) is 12.1 Å². The molecule has 0 bridgehead atoms. The van der Waals surface area contributed by atoms with Gasteiger partial charge in [-0.1, -0.05) is 56.3 Å². The highest BCUT2D eigenvalue weighted by Gasteiger charge is 2.20. The van der Waals surface area contributed by atoms with Crippen LogP contribution in [-0.4, -0.2) is 36.6 Å². The van der Waals surface area contributed by atoms with Gasteiger partial charge in [0.2, 0.25) is 0 Å². The summed E-state index contributed by atoms with van der Waals surface area (Å²) in [6.07, 6.45) is 7.47. The summed E-state index contributed by atoms with van der Waals surface area (Å²) in [5.41, 5.74) is 3.32. The van der Waals surface area contributed by atoms with E-state index in [1.807, 2.05) is 49.4 Å². The average Bonchev–Trinajstić information content (AvgIpc) is 2.85. The highest BCUT2D eigenvalue weighted by molar-refractivity contribution is 8.01. The van der Waals surface area contributed by atoms with Crippen LogP contribution in [0.2, 0.25) is 0 Å². The number of ether oxygens (including phenoxy) is 1. The Bertz CT molecular complexity index is 940. The van der Waals surface area contributed by atoms with Crippen LogP contribution < -0.4 is 4.74 Å². The molecule has 0 spiro atoms. The molecule has 2 aromatic carbocycles. The fraction of sp³-hybridized carbons (Fsp3) is 0.407. The zero-order valence-electron chi connectivity index (χ0n) is 19.4. The Morgan fingerprint density at radius 2 is 2.00 bits per heavy atom. The normalized spacial score (nSPS) is 18.1. The maximum atomic E-state index is 11.0. The average molecular weight is 451 g/mol. The Morgan fingerprint density at radius 3 is 2.66 bits per heavy atom. The van der Waals surface area contributed by atoms with Crippen LogP contribution in [0.25, 0.3) is 0 Å². The second kappa shape index (κ2) is 12.5. The van der Waals surface area contributed by atoms with Crippen LogP contribution >= 0.6 is 11.9 Å². The third-order valence-corrected chi connectivity index (χ3v) is 6.67. The topological polar surface area (TPSA) is 41.9 Å². The molecule has 0 amide bonds. The summed E-state index contributed by atoms with van der Waals surface area (Å²) in [6, 6.07) is 17.6. The molecule has 1 atom stereocenters. The molecule has 1 saturated heterocycles. The van der Waals surface area contributed by atoms with Gasteiger partial charge in [0, 0.05) is 55.6 Å². The molecule has 2 aliphatic heterocycles. The summed E-state index contributed by atoms with van der Waals surface area (Å²) in [7, 11) is 1.71. The summed E-state index contributed by atoms with van der Waals surface area (Å²) >= 11 is 1.65. The monoisotopic (exact) mass is 450 g/mol. The van der Waals surface area contributed by atoms with Crippen molar-refractivity contribution < 1.29 is 9.53 Å². The van der Waals surface area contributed by atoms with Crippen molar-refractivity contribution in [1.82, 2.24) is 4.90 Å². The maximum Gasteiger partial charge on any atom is 0.162 e. The third kappa shape index (κ3) is 7.27. The Hall–Kier alpha value is -2.53. The van der Waals surface area contributed by atoms with Crippen LogP contribution in [-0.2, 0) is 6.42 Å². The van der Waals surface area contributed by atoms with Crippen molar-refractivity contribution in [2.75, 3.05) is 20.2 Å². The smallest absolute Gasteiger partial charge is 0.162 e. The molecular formula is C27H34N2O2S. The van der Waals surface area contributed by atoms with Crippen LogP contribution in [0.15, 0.2) is 70.1 Å². The second-order valence-electron chi connectivity index (χ2n) is 8.36. The van der Waals surface area contributed by atoms with Crippen LogP contribution in [0.5, 0.6) is 5.75 Å². The number of nitrogens with zero attached hydrogens (tertiary/aromatic N) is 2. The molecule has 5 heteroatoms. The van der Waals surface area contributed by atoms with E-state index in [9.17, 15) is 4.79 Å². The standard InChI is InChI=1S/C18H24N2OS.C9H10O/c1-14-5-4-10-20(13-14)18-9-8-16(19-22-18)11-15-6-3-7-17(12-15)21-2;1-2-9(10)8-6-4-3-5-7-8/h3,6-7,9,12,14H,4-5,8,10-11,13H2,1-2H3;3-7H,2H2,1H3. The van der Waals surface area contributed by atoms with Crippen molar-refractivity contribution in [2.45, 2.75) is 46.0 Å². The first kappa shape index (κ1) is 24.1. The summed E-state index contributed by atoms with van der Waals surface area (Å²) in [5.74, 6) is 1.93. The van der Waals surface area contributed by atoms with Crippen molar-refractivity contribution in [3.8, 4) is 5.75 Å². The first-order chi connectivity index (χ1) is 15.6. The molecule has 1 unspecified atom stereocenters. The number of likely N-dealkylation sites (tertiary alicyclic amines) is 1. The number of hydrogen-bond acceptors (Lipinski definition) is 5. The minimum atomic E-state index is 0.209. The van der Waals surface area contributed by atoms with Crippen molar-refractivity contribution in [3.05, 3.63) is 76.8 Å². The predicted molar refractivity (Wildman–Crippen MR) is 135 cm³/mol. The summed E-state index contributed by atoms with van der Waals surface area (Å²) in [5, 5.41) is 1.35. The number of methoxy groups -OCH3 is 1. The molecule has 32 heavy (non-hydrogen) atoms. The van der Waals surface area contributed by atoms with E-state index in [1.54, 1.807) is 19.1 Å². The zero-order valence-corrected chi connectivity index (χ0v) is 20.2. The molecule has 170 valence electrons. The Balaban J connectivity index is 0.000000243. The van der Waals surface area contributed by atoms with Gasteiger partial charge in [0.1, 0.15) is 5.75 Å². The van der Waals surface area contributed by atoms with Crippen molar-refractivity contribution in [2.24, 2.45) is 10.3 Å². The Morgan fingerprint density at radius 1 is 1.19 bits per heavy atom. The number of benzene rings is 2. The minimum Gasteiger partial charge on any atom is -0.497 e. The highest BCUT2D eigenvalue weighted by Crippen LogP contribution is 2.31. The first-order valence-corrected chi connectivity index (χ1v) is 12.3. The van der Waals surface area contributed by atoms with Crippen molar-refractivity contribution >= 4 is 23.4 Å². The fourth-order valence-corrected chi connectivity index (χ4v) is 4.72. The minimum absolute atomic E-state index is 0.209. The summed E-state index contributed by atoms with van der Waals surface area (Å²) in [6.45, 7) is 6.58. The molecule has 1 fully saturated rings. The van der Waals surface area contributed by atoms with E-state index >= 15 is 0 Å². The second-order valence-corrected chi connectivity index (χ2v) is 9.14. The van der Waals surface area contributed by atoms with Gasteiger partial charge < -0.3 is 9.64 Å². The van der Waals surface area contributed by atoms with Crippen LogP contribution in [0, 0.1) is 5.92 Å². The number of rotatable bonds is 6. The lowest BCUT2D eigenvalue weighted by molar-refractivity contribution is 0.0988. The number of ketones is 1. The van der Waals surface area contributed by atoms with Gasteiger partial charge in [-0.3, -0.25) is 4.79 Å². The number of Topliss-reactive ketones (excluding diaryl/α,β-unsaturated/α-hetero) is 1. The van der Waals surface area contributed by atoms with Crippen LogP contribution in [0.1, 0.15) is 55.5 Å². The zero-order chi connectivity index (χ0) is 22.8. The molecule has 2 aromatic rings. The van der Waals surface area contributed by atoms with E-state index in [1.165, 1.54) is 42.2 Å². The van der Waals surface area contributed by atoms with E-state index in [-0.39, 0.29) is 5.78 Å². The molecule has 0 aliphatic carbocycles. The van der Waals surface area contributed by atoms with Crippen molar-refractivity contribution in [1.29, 1.82) is 0 Å². The van der Waals surface area contributed by atoms with Gasteiger partial charge >= 0.3 is 0 Å². The number of hydrogen-bond donors (Lipinski definition) is 0. The largest absolute Gasteiger partial charge is 0.497 e. The van der Waals surface area contributed by atoms with E-state index in [0.717, 1.165) is 30.1 Å². The maximum absolute atomic E-state index is 11.0. The lowest BCUT2D eigenvalue weighted by atomic mass is 10.0. The molecule has 2 heterocycles. The Kier molecular flexibility index (Phi) is 9.42. The summed E-state index contributed by atoms with van der Waals surface area (Å²) in [4.78, 5) is 13.5. The van der Waals surface area contributed by atoms with Gasteiger partial charge in [0.25, 0.3) is 0 Å². The fourth-order valence-electron chi connectivity index (χ4n) is 3.92. The van der Waals surface area contributed by atoms with E-state index in [0.29, 0.717) is 6.42 Å². The highest BCUT2D eigenvalue weighted by atomic mass is 32.2. The molecule has 4 nitrogen and oxygen atoms in total. The van der Waals surface area contributed by atoms with E-state index in [2.05, 4.69) is 30.0 Å². The van der Waals surface area contributed by atoms with Gasteiger partial charge in [-0.05, 0) is 42.5 Å². The van der Waals surface area contributed by atoms with E-state index in [4.69, 9.17) is 9.13 Å². The molecule has 0 saturated carbocycles. The molecule has 0 N–H and O–H groups in total. The van der Waals surface area contributed by atoms with Crippen LogP contribution in [0.4, 0.5) is 0 Å². The van der Waals surface area contributed by atoms with Crippen LogP contribution in [0.3, 0.4) is 0 Å². The predicted octanol–water partition coefficient (Wildman–Crippen LogP) is 6.58. The molecular weight excluding hydrogens is 416 g/mol. The third-order valence-electron chi connectivity index (χ3n) is 5.71. The van der Waals surface area contributed by atoms with Gasteiger partial charge in [-0.2, -0.15) is 0 Å². The number of piperidine rings is 1. The number of carbonyl (C=O) groups is 1. The van der Waals surface area contributed by atoms with Gasteiger partial charge in [-0.25, -0.2) is 4.40 Å². The quantitative estimate of drug-likeness (QED) is 0.368. The Labute approximate surface area is 196 Å². The van der Waals surface area contributed by atoms with Gasteiger partial charge in [-0.15, -0.1) is 0 Å². The SMILES string of the molecule is CCC(=O)c1ccccc1.COc1cccc(CC2=NSC(N3CCCC(C)C3)=CC2)c1. The number of carbonyl (C=O) groups excluding carboxylic acids is 1. The lowest BCUT2D eigenvalue weighted by Crippen LogP contribution is -2.33. The first-order valence-electron chi connectivity index (χ1n) is 11.5. The summed E-state index contributed by atoms with van der Waals surface area (Å²) < 4.78 is 10.0. The lowest BCUT2D eigenvalue weighted by Gasteiger charge is -2.34. The molecule has 0 radical (unpaired) electrons. The number of allylic oxidation sites excluding steroid dienone is 1. The molecule has 4 rings (SSSR count). The van der Waals surface area contributed by atoms with Gasteiger partial charge in [0.15, 0.2) is 5.78 Å². The molecule has 0 aromatic heterocycles. The molecule has 2 aliphatic rings. The van der Waals surface area contributed by atoms with Crippen molar-refractivity contribution in [3.63, 3.8) is 0 Å². The van der Waals surface area contributed by atoms with E-state index < -0.39 is 0 Å².